The van der Waals surface area contributed by atoms with Crippen molar-refractivity contribution >= 4 is 9.90 Å². The van der Waals surface area contributed by atoms with Crippen molar-refractivity contribution in [2.45, 2.75) is 15.0 Å². The fourth-order valence-electron chi connectivity index (χ4n) is 2.37. The molecule has 0 bridgehead atoms. The second-order valence-electron chi connectivity index (χ2n) is 5.31. The Morgan fingerprint density at radius 1 is 0.435 bits per heavy atom. The molecule has 0 saturated carbocycles. The molecule has 2 heteroatoms. The fraction of sp³-hybridized carbons (Fsp3) is 0.143. The number of hydrogen-bond donors (Lipinski definition) is 0. The van der Waals surface area contributed by atoms with E-state index in [0.717, 1.165) is 0 Å². The summed E-state index contributed by atoms with van der Waals surface area (Å²) >= 11 is -0.815. The van der Waals surface area contributed by atoms with E-state index in [1.807, 2.05) is 0 Å². The van der Waals surface area contributed by atoms with E-state index >= 15 is 0 Å². The van der Waals surface area contributed by atoms with Crippen LogP contribution < -0.4 is 0 Å². The first kappa shape index (κ1) is 18.1. The molecule has 23 heavy (non-hydrogen) atoms. The molecule has 0 N–H and O–H groups in total. The minimum atomic E-state index is -0.815. The summed E-state index contributed by atoms with van der Waals surface area (Å²) in [4.78, 5) is 0. The Bertz CT molecular complexity index is 569. The normalized spacial score (nSPS) is 10.7. The van der Waals surface area contributed by atoms with Crippen LogP contribution in [0, 0.1) is 0 Å². The van der Waals surface area contributed by atoms with Gasteiger partial charge in [0.15, 0.2) is 0 Å². The van der Waals surface area contributed by atoms with Gasteiger partial charge in [0.2, 0.25) is 0 Å². The van der Waals surface area contributed by atoms with Crippen LogP contribution in [0.3, 0.4) is 0 Å². The third kappa shape index (κ3) is 6.02. The molecule has 0 aliphatic heterocycles. The second-order valence-corrected chi connectivity index (χ2v) is 9.51. The van der Waals surface area contributed by atoms with Crippen LogP contribution in [-0.4, -0.2) is 0 Å². The average molecular weight is 410 g/mol. The molecule has 0 radical (unpaired) electrons. The third-order valence-electron chi connectivity index (χ3n) is 3.44. The molecule has 1 unspecified atom stereocenters. The van der Waals surface area contributed by atoms with Crippen molar-refractivity contribution in [2.75, 3.05) is 0 Å². The Hall–Kier alpha value is -1.29. The second kappa shape index (κ2) is 9.76. The Morgan fingerprint density at radius 3 is 0.957 bits per heavy atom. The van der Waals surface area contributed by atoms with Crippen LogP contribution in [0.15, 0.2) is 91.0 Å². The summed E-state index contributed by atoms with van der Waals surface area (Å²) in [5, 5.41) is 3.78. The van der Waals surface area contributed by atoms with Gasteiger partial charge in [-0.15, -0.1) is 0 Å². The van der Waals surface area contributed by atoms with Crippen LogP contribution >= 0.6 is 9.90 Å². The summed E-state index contributed by atoms with van der Waals surface area (Å²) in [6.07, 6.45) is 0. The van der Waals surface area contributed by atoms with Gasteiger partial charge in [0, 0.05) is 0 Å². The first-order valence-corrected chi connectivity index (χ1v) is 11.0. The van der Waals surface area contributed by atoms with Crippen molar-refractivity contribution in [2.24, 2.45) is 0 Å². The van der Waals surface area contributed by atoms with Crippen molar-refractivity contribution in [3.05, 3.63) is 108 Å². The summed E-state index contributed by atoms with van der Waals surface area (Å²) < 4.78 is 0. The molecule has 3 aromatic carbocycles. The van der Waals surface area contributed by atoms with Gasteiger partial charge in [0.05, 0.1) is 0 Å². The Kier molecular flexibility index (Phi) is 7.67. The quantitative estimate of drug-likeness (QED) is 0.384. The summed E-state index contributed by atoms with van der Waals surface area (Å²) in [7, 11) is 0. The van der Waals surface area contributed by atoms with Crippen LogP contribution in [0.1, 0.15) is 16.7 Å². The van der Waals surface area contributed by atoms with E-state index in [4.69, 9.17) is 0 Å². The summed E-state index contributed by atoms with van der Waals surface area (Å²) in [5.41, 5.74) is 4.46. The van der Waals surface area contributed by atoms with Crippen molar-refractivity contribution < 1.29 is 16.0 Å². The Balaban J connectivity index is 0.00000192. The summed E-state index contributed by atoms with van der Waals surface area (Å²) in [5.74, 6) is 0. The number of hydrogen-bond acceptors (Lipinski definition) is 0. The summed E-state index contributed by atoms with van der Waals surface area (Å²) in [6.45, 7) is 0. The van der Waals surface area contributed by atoms with Crippen LogP contribution in [0.2, 0.25) is 0 Å². The molecule has 0 spiro atoms. The van der Waals surface area contributed by atoms with Gasteiger partial charge < -0.3 is 0 Å². The molecule has 0 fully saturated rings. The first-order valence-electron chi connectivity index (χ1n) is 7.50. The van der Waals surface area contributed by atoms with Crippen molar-refractivity contribution in [3.8, 4) is 0 Å². The van der Waals surface area contributed by atoms with E-state index < -0.39 is 16.0 Å². The molecular weight excluding hydrogens is 386 g/mol. The molecule has 0 aliphatic rings. The maximum absolute atomic E-state index is 2.27. The zero-order valence-electron chi connectivity index (χ0n) is 13.3. The van der Waals surface area contributed by atoms with E-state index in [1.54, 1.807) is 0 Å². The van der Waals surface area contributed by atoms with Crippen molar-refractivity contribution in [1.29, 1.82) is 0 Å². The molecule has 122 valence electrons. The fourth-order valence-corrected chi connectivity index (χ4v) is 6.98. The molecule has 0 saturated heterocycles. The van der Waals surface area contributed by atoms with E-state index in [1.165, 1.54) is 31.7 Å². The van der Waals surface area contributed by atoms with E-state index in [0.29, 0.717) is 0 Å². The van der Waals surface area contributed by atoms with Crippen LogP contribution in [0.5, 0.6) is 0 Å². The molecular formula is C21H24PRh. The van der Waals surface area contributed by atoms with Gasteiger partial charge in [-0.05, 0) is 0 Å². The Labute approximate surface area is 148 Å². The molecule has 1 atom stereocenters. The monoisotopic (exact) mass is 410 g/mol. The van der Waals surface area contributed by atoms with E-state index in [9.17, 15) is 0 Å². The predicted molar refractivity (Wildman–Crippen MR) is 102 cm³/mol. The van der Waals surface area contributed by atoms with Crippen molar-refractivity contribution in [1.82, 2.24) is 0 Å². The van der Waals surface area contributed by atoms with Gasteiger partial charge in [-0.3, -0.25) is 0 Å². The molecule has 3 rings (SSSR count). The van der Waals surface area contributed by atoms with Crippen LogP contribution in [0.25, 0.3) is 0 Å². The molecule has 0 nitrogen and oxygen atoms in total. The van der Waals surface area contributed by atoms with Crippen LogP contribution in [0.4, 0.5) is 0 Å². The van der Waals surface area contributed by atoms with Gasteiger partial charge in [-0.2, -0.15) is 9.90 Å². The first-order chi connectivity index (χ1) is 10.9. The topological polar surface area (TPSA) is 0 Å². The van der Waals surface area contributed by atoms with Gasteiger partial charge in [0.1, 0.15) is 0 Å². The molecule has 0 heterocycles. The van der Waals surface area contributed by atoms with E-state index in [-0.39, 0.29) is 9.90 Å². The average Bonchev–Trinajstić information content (AvgIpc) is 2.57. The SMILES string of the molecule is P.c1ccc([CH2][Rh]([CH2]c2ccccc2)[CH2]c2ccccc2)cc1. The van der Waals surface area contributed by atoms with E-state index in [2.05, 4.69) is 91.0 Å². The minimum absolute atomic E-state index is 0. The molecule has 3 aromatic rings. The maximum atomic E-state index is 2.27. The van der Waals surface area contributed by atoms with Crippen LogP contribution in [-0.2, 0) is 31.0 Å². The van der Waals surface area contributed by atoms with Gasteiger partial charge in [0.25, 0.3) is 0 Å². The number of benzene rings is 3. The van der Waals surface area contributed by atoms with Crippen molar-refractivity contribution in [3.63, 3.8) is 0 Å². The molecule has 0 aliphatic carbocycles. The predicted octanol–water partition coefficient (Wildman–Crippen LogP) is 5.26. The van der Waals surface area contributed by atoms with Gasteiger partial charge >= 0.3 is 139 Å². The standard InChI is InChI=1S/3C7H7.H3P.Rh/c3*1-7-5-3-2-4-6-7;;/h3*2-6H,1H2;1H3;. The van der Waals surface area contributed by atoms with Gasteiger partial charge in [-0.25, -0.2) is 0 Å². The number of rotatable bonds is 6. The zero-order chi connectivity index (χ0) is 15.0. The third-order valence-corrected chi connectivity index (χ3v) is 7.90. The Morgan fingerprint density at radius 2 is 0.696 bits per heavy atom. The molecule has 0 aromatic heterocycles. The molecule has 0 amide bonds. The zero-order valence-corrected chi connectivity index (χ0v) is 16.4. The summed E-state index contributed by atoms with van der Waals surface area (Å²) in [6, 6.07) is 32.9. The van der Waals surface area contributed by atoms with Gasteiger partial charge in [-0.1, -0.05) is 0 Å².